The predicted octanol–water partition coefficient (Wildman–Crippen LogP) is 0.354. The van der Waals surface area contributed by atoms with Crippen molar-refractivity contribution in [2.24, 2.45) is 13.0 Å². The van der Waals surface area contributed by atoms with Gasteiger partial charge in [-0.25, -0.2) is 13.4 Å². The lowest BCUT2D eigenvalue weighted by molar-refractivity contribution is -0.119. The van der Waals surface area contributed by atoms with Gasteiger partial charge in [-0.15, -0.1) is 0 Å². The van der Waals surface area contributed by atoms with Crippen LogP contribution >= 0.6 is 0 Å². The van der Waals surface area contributed by atoms with Crippen LogP contribution in [0.1, 0.15) is 20.8 Å². The van der Waals surface area contributed by atoms with Gasteiger partial charge >= 0.3 is 0 Å². The summed E-state index contributed by atoms with van der Waals surface area (Å²) in [5.41, 5.74) is 0. The molecule has 1 aromatic heterocycles. The summed E-state index contributed by atoms with van der Waals surface area (Å²) >= 11 is 0. The number of carbonyl (C=O) groups is 1. The summed E-state index contributed by atoms with van der Waals surface area (Å²) in [5.74, 6) is -0.821. The van der Waals surface area contributed by atoms with Crippen LogP contribution in [0, 0.1) is 5.92 Å². The highest BCUT2D eigenvalue weighted by Crippen LogP contribution is 2.07. The first-order chi connectivity index (χ1) is 8.24. The number of nitrogens with one attached hydrogen (secondary N) is 1. The fraction of sp³-hybridized carbons (Fsp3) is 0.636. The average Bonchev–Trinajstić information content (AvgIpc) is 2.63. The molecular formula is C11H19N3O3S. The monoisotopic (exact) mass is 273 g/mol. The average molecular weight is 273 g/mol. The topological polar surface area (TPSA) is 81.1 Å². The molecule has 102 valence electrons. The smallest absolute Gasteiger partial charge is 0.235 e. The maximum Gasteiger partial charge on any atom is 0.235 e. The van der Waals surface area contributed by atoms with Crippen molar-refractivity contribution in [2.75, 3.05) is 5.75 Å². The molecule has 0 saturated heterocycles. The minimum absolute atomic E-state index is 0.0610. The molecule has 1 aromatic rings. The zero-order valence-electron chi connectivity index (χ0n) is 11.0. The number of aromatic nitrogens is 2. The van der Waals surface area contributed by atoms with Crippen molar-refractivity contribution < 1.29 is 13.2 Å². The standard InChI is InChI=1S/C11H19N3O3S/c1-8(2)9(3)13-10(15)7-18(16,17)11-12-5-6-14(11)4/h5-6,8-9H,7H2,1-4H3,(H,13,15). The van der Waals surface area contributed by atoms with Gasteiger partial charge in [-0.2, -0.15) is 0 Å². The van der Waals surface area contributed by atoms with Crippen LogP contribution in [0.5, 0.6) is 0 Å². The molecule has 1 rings (SSSR count). The van der Waals surface area contributed by atoms with E-state index in [-0.39, 0.29) is 17.1 Å². The first-order valence-electron chi connectivity index (χ1n) is 5.73. The molecule has 6 nitrogen and oxygen atoms in total. The van der Waals surface area contributed by atoms with E-state index in [0.29, 0.717) is 0 Å². The van der Waals surface area contributed by atoms with E-state index in [1.165, 1.54) is 17.0 Å². The third-order valence-electron chi connectivity index (χ3n) is 2.76. The highest BCUT2D eigenvalue weighted by atomic mass is 32.2. The van der Waals surface area contributed by atoms with Crippen LogP contribution in [0.4, 0.5) is 0 Å². The fourth-order valence-electron chi connectivity index (χ4n) is 1.35. The summed E-state index contributed by atoms with van der Waals surface area (Å²) in [4.78, 5) is 15.4. The number of amides is 1. The van der Waals surface area contributed by atoms with Crippen molar-refractivity contribution in [3.63, 3.8) is 0 Å². The van der Waals surface area contributed by atoms with E-state index < -0.39 is 21.5 Å². The first-order valence-corrected chi connectivity index (χ1v) is 7.38. The molecule has 1 unspecified atom stereocenters. The van der Waals surface area contributed by atoms with Gasteiger partial charge in [0.15, 0.2) is 0 Å². The third-order valence-corrected chi connectivity index (χ3v) is 4.36. The van der Waals surface area contributed by atoms with Crippen molar-refractivity contribution in [3.05, 3.63) is 12.4 Å². The molecule has 18 heavy (non-hydrogen) atoms. The van der Waals surface area contributed by atoms with Crippen molar-refractivity contribution >= 4 is 15.7 Å². The lowest BCUT2D eigenvalue weighted by atomic mass is 10.1. The van der Waals surface area contributed by atoms with Crippen LogP contribution in [-0.4, -0.2) is 35.7 Å². The normalized spacial score (nSPS) is 13.6. The quantitative estimate of drug-likeness (QED) is 0.839. The minimum atomic E-state index is -3.68. The molecule has 1 atom stereocenters. The zero-order chi connectivity index (χ0) is 13.9. The maximum absolute atomic E-state index is 11.9. The molecule has 0 aliphatic rings. The molecule has 7 heteroatoms. The number of imidazole rings is 1. The summed E-state index contributed by atoms with van der Waals surface area (Å²) in [6, 6.07) is -0.0610. The lowest BCUT2D eigenvalue weighted by Crippen LogP contribution is -2.39. The van der Waals surface area contributed by atoms with Gasteiger partial charge in [0.1, 0.15) is 5.75 Å². The predicted molar refractivity (Wildman–Crippen MR) is 67.7 cm³/mol. The Morgan fingerprint density at radius 3 is 2.50 bits per heavy atom. The molecular weight excluding hydrogens is 254 g/mol. The Labute approximate surface area is 107 Å². The van der Waals surface area contributed by atoms with E-state index in [1.807, 2.05) is 20.8 Å². The Morgan fingerprint density at radius 1 is 1.44 bits per heavy atom. The second-order valence-corrected chi connectivity index (χ2v) is 6.56. The molecule has 1 N–H and O–H groups in total. The molecule has 0 aromatic carbocycles. The summed E-state index contributed by atoms with van der Waals surface area (Å²) in [6.45, 7) is 5.76. The minimum Gasteiger partial charge on any atom is -0.352 e. The van der Waals surface area contributed by atoms with Gasteiger partial charge in [0.25, 0.3) is 0 Å². The number of hydrogen-bond acceptors (Lipinski definition) is 4. The Morgan fingerprint density at radius 2 is 2.06 bits per heavy atom. The van der Waals surface area contributed by atoms with E-state index in [0.717, 1.165) is 0 Å². The molecule has 0 spiro atoms. The van der Waals surface area contributed by atoms with Gasteiger partial charge in [-0.1, -0.05) is 13.8 Å². The van der Waals surface area contributed by atoms with Crippen LogP contribution in [0.15, 0.2) is 17.6 Å². The van der Waals surface area contributed by atoms with Crippen LogP contribution in [0.2, 0.25) is 0 Å². The molecule has 0 aliphatic heterocycles. The van der Waals surface area contributed by atoms with E-state index in [1.54, 1.807) is 7.05 Å². The van der Waals surface area contributed by atoms with E-state index in [4.69, 9.17) is 0 Å². The molecule has 1 amide bonds. The largest absolute Gasteiger partial charge is 0.352 e. The molecule has 0 bridgehead atoms. The first kappa shape index (κ1) is 14.7. The Hall–Kier alpha value is -1.37. The van der Waals surface area contributed by atoms with Gasteiger partial charge < -0.3 is 9.88 Å². The summed E-state index contributed by atoms with van der Waals surface area (Å²) in [7, 11) is -2.10. The molecule has 0 fully saturated rings. The van der Waals surface area contributed by atoms with Gasteiger partial charge in [0, 0.05) is 25.5 Å². The molecule has 1 heterocycles. The second-order valence-electron chi connectivity index (χ2n) is 4.68. The van der Waals surface area contributed by atoms with Crippen LogP contribution in [0.25, 0.3) is 0 Å². The summed E-state index contributed by atoms with van der Waals surface area (Å²) in [6.07, 6.45) is 2.92. The van der Waals surface area contributed by atoms with Crippen LogP contribution in [-0.2, 0) is 21.7 Å². The van der Waals surface area contributed by atoms with Crippen LogP contribution in [0.3, 0.4) is 0 Å². The second kappa shape index (κ2) is 5.51. The number of hydrogen-bond donors (Lipinski definition) is 1. The maximum atomic E-state index is 11.9. The van der Waals surface area contributed by atoms with E-state index >= 15 is 0 Å². The highest BCUT2D eigenvalue weighted by molar-refractivity contribution is 7.91. The third kappa shape index (κ3) is 3.56. The molecule has 0 radical (unpaired) electrons. The summed E-state index contributed by atoms with van der Waals surface area (Å²) < 4.78 is 25.2. The number of nitrogens with zero attached hydrogens (tertiary/aromatic N) is 2. The van der Waals surface area contributed by atoms with Gasteiger partial charge in [0.2, 0.25) is 20.9 Å². The Kier molecular flexibility index (Phi) is 4.50. The van der Waals surface area contributed by atoms with Crippen molar-refractivity contribution in [1.82, 2.24) is 14.9 Å². The SMILES string of the molecule is CC(C)C(C)NC(=O)CS(=O)(=O)c1nccn1C. The van der Waals surface area contributed by atoms with E-state index in [2.05, 4.69) is 10.3 Å². The Bertz CT molecular complexity index is 519. The number of aryl methyl sites for hydroxylation is 1. The van der Waals surface area contributed by atoms with Crippen molar-refractivity contribution in [3.8, 4) is 0 Å². The lowest BCUT2D eigenvalue weighted by Gasteiger charge is -2.17. The van der Waals surface area contributed by atoms with Crippen molar-refractivity contribution in [1.29, 1.82) is 0 Å². The zero-order valence-corrected chi connectivity index (χ0v) is 11.9. The van der Waals surface area contributed by atoms with Gasteiger partial charge in [-0.3, -0.25) is 4.79 Å². The van der Waals surface area contributed by atoms with Crippen molar-refractivity contribution in [2.45, 2.75) is 32.0 Å². The Balaban J connectivity index is 2.73. The summed E-state index contributed by atoms with van der Waals surface area (Å²) in [5, 5.41) is 2.57. The molecule has 0 aliphatic carbocycles. The number of carbonyl (C=O) groups excluding carboxylic acids is 1. The van der Waals surface area contributed by atoms with Gasteiger partial charge in [-0.05, 0) is 12.8 Å². The van der Waals surface area contributed by atoms with Gasteiger partial charge in [0.05, 0.1) is 0 Å². The number of rotatable bonds is 5. The fourth-order valence-corrected chi connectivity index (χ4v) is 2.63. The van der Waals surface area contributed by atoms with Crippen LogP contribution < -0.4 is 5.32 Å². The number of sulfone groups is 1. The highest BCUT2D eigenvalue weighted by Gasteiger charge is 2.24. The molecule has 0 saturated carbocycles. The van der Waals surface area contributed by atoms with E-state index in [9.17, 15) is 13.2 Å².